The summed E-state index contributed by atoms with van der Waals surface area (Å²) < 4.78 is 0. The highest BCUT2D eigenvalue weighted by Gasteiger charge is 1.99. The zero-order valence-corrected chi connectivity index (χ0v) is 9.91. The van der Waals surface area contributed by atoms with Crippen LogP contribution in [0.25, 0.3) is 0 Å². The number of hydrogen-bond donors (Lipinski definition) is 1. The van der Waals surface area contributed by atoms with Gasteiger partial charge in [0.1, 0.15) is 0 Å². The average molecular weight is 243 g/mol. The molecule has 0 spiro atoms. The van der Waals surface area contributed by atoms with Gasteiger partial charge >= 0.3 is 0 Å². The van der Waals surface area contributed by atoms with Crippen LogP contribution < -0.4 is 5.73 Å². The number of Topliss-reactive ketones (excluding diaryl/α,β-unsaturated/α-hetero) is 1. The van der Waals surface area contributed by atoms with Crippen molar-refractivity contribution in [1.82, 2.24) is 0 Å². The molecule has 1 amide bonds. The summed E-state index contributed by atoms with van der Waals surface area (Å²) in [4.78, 5) is 25.4. The molecular formula is C11H15ClN2O2. The molecule has 88 valence electrons. The molecule has 0 unspecified atom stereocenters. The molecule has 16 heavy (non-hydrogen) atoms. The highest BCUT2D eigenvalue weighted by atomic mass is 35.5. The van der Waals surface area contributed by atoms with Crippen LogP contribution in [-0.4, -0.2) is 23.9 Å². The Labute approximate surface area is 99.9 Å². The van der Waals surface area contributed by atoms with Crippen molar-refractivity contribution in [2.45, 2.75) is 19.8 Å². The Kier molecular flexibility index (Phi) is 8.07. The second kappa shape index (κ2) is 8.85. The fraction of sp³-hybridized carbons (Fsp3) is 0.364. The van der Waals surface area contributed by atoms with Crippen molar-refractivity contribution in [2.75, 3.05) is 6.54 Å². The molecule has 0 heterocycles. The lowest BCUT2D eigenvalue weighted by atomic mass is 10.2. The minimum atomic E-state index is -0.392. The molecule has 0 atom stereocenters. The number of amides is 1. The number of nitrogens with zero attached hydrogens (tertiary/aromatic N) is 1. The fourth-order valence-electron chi connectivity index (χ4n) is 0.888. The number of aliphatic imine (C=N–C) groups is 1. The molecule has 0 aliphatic carbocycles. The number of hydrogen-bond acceptors (Lipinski definition) is 3. The van der Waals surface area contributed by atoms with Crippen LogP contribution in [0.3, 0.4) is 0 Å². The van der Waals surface area contributed by atoms with Gasteiger partial charge in [-0.05, 0) is 19.4 Å². The van der Waals surface area contributed by atoms with Gasteiger partial charge in [0.25, 0.3) is 0 Å². The van der Waals surface area contributed by atoms with E-state index in [2.05, 4.69) is 4.99 Å². The lowest BCUT2D eigenvalue weighted by Gasteiger charge is -1.98. The van der Waals surface area contributed by atoms with Crippen molar-refractivity contribution in [3.05, 3.63) is 23.8 Å². The lowest BCUT2D eigenvalue weighted by Crippen LogP contribution is -2.12. The van der Waals surface area contributed by atoms with Gasteiger partial charge in [-0.2, -0.15) is 0 Å². The molecule has 5 heteroatoms. The van der Waals surface area contributed by atoms with Crippen LogP contribution in [-0.2, 0) is 9.59 Å². The van der Waals surface area contributed by atoms with E-state index < -0.39 is 5.91 Å². The first-order chi connectivity index (χ1) is 7.56. The minimum absolute atomic E-state index is 0.0298. The monoisotopic (exact) mass is 242 g/mol. The Bertz CT molecular complexity index is 333. The number of halogens is 1. The summed E-state index contributed by atoms with van der Waals surface area (Å²) in [5.74, 6) is -0.422. The van der Waals surface area contributed by atoms with Crippen LogP contribution in [0, 0.1) is 0 Å². The molecule has 0 fully saturated rings. The van der Waals surface area contributed by atoms with E-state index in [0.717, 1.165) is 0 Å². The first kappa shape index (κ1) is 14.6. The van der Waals surface area contributed by atoms with Crippen molar-refractivity contribution in [3.8, 4) is 0 Å². The Balaban J connectivity index is 4.42. The van der Waals surface area contributed by atoms with Gasteiger partial charge in [0, 0.05) is 17.7 Å². The van der Waals surface area contributed by atoms with Crippen molar-refractivity contribution in [1.29, 1.82) is 0 Å². The van der Waals surface area contributed by atoms with E-state index in [1.165, 1.54) is 12.5 Å². The fourth-order valence-corrected chi connectivity index (χ4v) is 0.972. The van der Waals surface area contributed by atoms with Crippen LogP contribution in [0.15, 0.2) is 28.8 Å². The minimum Gasteiger partial charge on any atom is -0.370 e. The summed E-state index contributed by atoms with van der Waals surface area (Å²) in [6.07, 6.45) is 5.65. The third kappa shape index (κ3) is 9.15. The number of primary amides is 1. The third-order valence-corrected chi connectivity index (χ3v) is 1.75. The number of allylic oxidation sites excluding steroid dienone is 3. The smallest absolute Gasteiger partial charge is 0.217 e. The quantitative estimate of drug-likeness (QED) is 0.544. The summed E-state index contributed by atoms with van der Waals surface area (Å²) in [6, 6.07) is 0. The van der Waals surface area contributed by atoms with Crippen molar-refractivity contribution in [2.24, 2.45) is 10.7 Å². The Hall–Kier alpha value is -1.42. The van der Waals surface area contributed by atoms with Gasteiger partial charge in [-0.3, -0.25) is 14.6 Å². The van der Waals surface area contributed by atoms with Crippen molar-refractivity contribution < 1.29 is 9.59 Å². The molecule has 2 N–H and O–H groups in total. The SMILES string of the molecule is CC(=O)CN=C(/C=C\C=C/Cl)CCC(N)=O. The first-order valence-electron chi connectivity index (χ1n) is 4.80. The summed E-state index contributed by atoms with van der Waals surface area (Å²) in [5.41, 5.74) is 7.04. The topological polar surface area (TPSA) is 72.5 Å². The standard InChI is InChI=1S/C11H15ClN2O2/c1-9(15)8-14-10(4-2-3-7-12)5-6-11(13)16/h2-4,7H,5-6,8H2,1H3,(H2,13,16)/b4-2-,7-3-,14-10?. The average Bonchev–Trinajstić information content (AvgIpc) is 2.21. The van der Waals surface area contributed by atoms with Gasteiger partial charge in [0.2, 0.25) is 5.91 Å². The summed E-state index contributed by atoms with van der Waals surface area (Å²) in [6.45, 7) is 1.57. The van der Waals surface area contributed by atoms with Crippen LogP contribution in [0.1, 0.15) is 19.8 Å². The molecule has 0 bridgehead atoms. The van der Waals surface area contributed by atoms with E-state index in [9.17, 15) is 9.59 Å². The molecule has 0 aliphatic heterocycles. The van der Waals surface area contributed by atoms with Gasteiger partial charge in [-0.1, -0.05) is 23.8 Å². The van der Waals surface area contributed by atoms with Gasteiger partial charge < -0.3 is 5.73 Å². The Morgan fingerprint density at radius 1 is 1.31 bits per heavy atom. The molecule has 0 saturated heterocycles. The zero-order chi connectivity index (χ0) is 12.4. The molecule has 0 radical (unpaired) electrons. The normalized spacial score (nSPS) is 12.5. The van der Waals surface area contributed by atoms with Crippen LogP contribution in [0.5, 0.6) is 0 Å². The lowest BCUT2D eigenvalue weighted by molar-refractivity contribution is -0.118. The van der Waals surface area contributed by atoms with Crippen LogP contribution in [0.4, 0.5) is 0 Å². The molecular weight excluding hydrogens is 228 g/mol. The van der Waals surface area contributed by atoms with E-state index >= 15 is 0 Å². The van der Waals surface area contributed by atoms with Gasteiger partial charge in [-0.15, -0.1) is 0 Å². The number of carbonyl (C=O) groups excluding carboxylic acids is 2. The molecule has 0 aromatic carbocycles. The van der Waals surface area contributed by atoms with Crippen LogP contribution in [0.2, 0.25) is 0 Å². The largest absolute Gasteiger partial charge is 0.370 e. The second-order valence-corrected chi connectivity index (χ2v) is 3.41. The number of ketones is 1. The van der Waals surface area contributed by atoms with Gasteiger partial charge in [-0.25, -0.2) is 0 Å². The molecule has 0 rings (SSSR count). The maximum atomic E-state index is 10.8. The summed E-state index contributed by atoms with van der Waals surface area (Å²) in [7, 11) is 0. The van der Waals surface area contributed by atoms with E-state index in [1.807, 2.05) is 0 Å². The van der Waals surface area contributed by atoms with Crippen LogP contribution >= 0.6 is 11.6 Å². The number of nitrogens with two attached hydrogens (primary N) is 1. The molecule has 0 aromatic heterocycles. The zero-order valence-electron chi connectivity index (χ0n) is 9.15. The summed E-state index contributed by atoms with van der Waals surface area (Å²) >= 11 is 5.34. The van der Waals surface area contributed by atoms with Crippen molar-refractivity contribution >= 4 is 29.0 Å². The molecule has 0 aromatic rings. The molecule has 4 nitrogen and oxygen atoms in total. The molecule has 0 saturated carbocycles. The number of carbonyl (C=O) groups is 2. The van der Waals surface area contributed by atoms with E-state index in [1.54, 1.807) is 18.2 Å². The van der Waals surface area contributed by atoms with E-state index in [4.69, 9.17) is 17.3 Å². The van der Waals surface area contributed by atoms with E-state index in [-0.39, 0.29) is 18.7 Å². The maximum Gasteiger partial charge on any atom is 0.217 e. The predicted octanol–water partition coefficient (Wildman–Crippen LogP) is 1.59. The predicted molar refractivity (Wildman–Crippen MR) is 65.5 cm³/mol. The Morgan fingerprint density at radius 2 is 2.00 bits per heavy atom. The number of rotatable bonds is 7. The molecule has 0 aliphatic rings. The third-order valence-electron chi connectivity index (χ3n) is 1.60. The van der Waals surface area contributed by atoms with Gasteiger partial charge in [0.05, 0.1) is 6.54 Å². The van der Waals surface area contributed by atoms with Gasteiger partial charge in [0.15, 0.2) is 5.78 Å². The second-order valence-electron chi connectivity index (χ2n) is 3.15. The van der Waals surface area contributed by atoms with Crippen molar-refractivity contribution in [3.63, 3.8) is 0 Å². The van der Waals surface area contributed by atoms with E-state index in [0.29, 0.717) is 12.1 Å². The summed E-state index contributed by atoms with van der Waals surface area (Å²) in [5, 5.41) is 0. The first-order valence-corrected chi connectivity index (χ1v) is 5.24. The highest BCUT2D eigenvalue weighted by Crippen LogP contribution is 1.96. The maximum absolute atomic E-state index is 10.8. The highest BCUT2D eigenvalue weighted by molar-refractivity contribution is 6.25. The Morgan fingerprint density at radius 3 is 2.50 bits per heavy atom.